The number of hydrogen-bond acceptors (Lipinski definition) is 3. The van der Waals surface area contributed by atoms with Crippen molar-refractivity contribution in [2.75, 3.05) is 13.2 Å². The molecule has 2 atom stereocenters. The maximum absolute atomic E-state index is 13.3. The molecule has 2 unspecified atom stereocenters. The van der Waals surface area contributed by atoms with E-state index in [0.717, 1.165) is 12.8 Å². The van der Waals surface area contributed by atoms with Crippen LogP contribution in [0.25, 0.3) is 0 Å². The number of hydrogen-bond donors (Lipinski definition) is 3. The van der Waals surface area contributed by atoms with Gasteiger partial charge in [-0.3, -0.25) is 0 Å². The molecule has 3 nitrogen and oxygen atoms in total. The van der Waals surface area contributed by atoms with Gasteiger partial charge in [0.1, 0.15) is 5.82 Å². The molecule has 17 heavy (non-hydrogen) atoms. The van der Waals surface area contributed by atoms with Gasteiger partial charge in [0, 0.05) is 24.8 Å². The molecule has 0 saturated heterocycles. The molecule has 0 amide bonds. The number of rotatable bonds is 7. The molecule has 3 N–H and O–H groups in total. The first-order valence-corrected chi connectivity index (χ1v) is 5.92. The van der Waals surface area contributed by atoms with Crippen LogP contribution >= 0.6 is 0 Å². The van der Waals surface area contributed by atoms with Gasteiger partial charge in [-0.1, -0.05) is 18.2 Å². The van der Waals surface area contributed by atoms with Crippen molar-refractivity contribution in [2.24, 2.45) is 0 Å². The summed E-state index contributed by atoms with van der Waals surface area (Å²) >= 11 is 0. The highest BCUT2D eigenvalue weighted by atomic mass is 19.1. The van der Waals surface area contributed by atoms with E-state index >= 15 is 0 Å². The summed E-state index contributed by atoms with van der Waals surface area (Å²) in [5, 5.41) is 21.6. The monoisotopic (exact) mass is 241 g/mol. The van der Waals surface area contributed by atoms with Gasteiger partial charge in [-0.2, -0.15) is 0 Å². The Hall–Kier alpha value is -0.970. The number of nitrogens with one attached hydrogen (secondary N) is 1. The van der Waals surface area contributed by atoms with E-state index in [1.54, 1.807) is 18.2 Å². The molecule has 1 rings (SSSR count). The van der Waals surface area contributed by atoms with Gasteiger partial charge < -0.3 is 15.5 Å². The normalized spacial score (nSPS) is 14.6. The molecule has 0 aromatic heterocycles. The molecule has 0 radical (unpaired) electrons. The van der Waals surface area contributed by atoms with E-state index in [9.17, 15) is 9.50 Å². The summed E-state index contributed by atoms with van der Waals surface area (Å²) in [5.41, 5.74) is 0.314. The average molecular weight is 241 g/mol. The first-order valence-electron chi connectivity index (χ1n) is 5.92. The van der Waals surface area contributed by atoms with Gasteiger partial charge in [0.2, 0.25) is 0 Å². The fourth-order valence-electron chi connectivity index (χ4n) is 1.67. The zero-order valence-corrected chi connectivity index (χ0v) is 10.1. The van der Waals surface area contributed by atoms with Crippen LogP contribution in [0.1, 0.15) is 31.4 Å². The molecule has 0 fully saturated rings. The average Bonchev–Trinajstić information content (AvgIpc) is 2.34. The van der Waals surface area contributed by atoms with Crippen LogP contribution in [0.2, 0.25) is 0 Å². The highest BCUT2D eigenvalue weighted by Crippen LogP contribution is 2.15. The molecule has 1 aromatic carbocycles. The van der Waals surface area contributed by atoms with E-state index in [-0.39, 0.29) is 18.5 Å². The topological polar surface area (TPSA) is 52.5 Å². The van der Waals surface area contributed by atoms with Crippen molar-refractivity contribution in [2.45, 2.75) is 31.9 Å². The van der Waals surface area contributed by atoms with E-state index in [1.807, 2.05) is 6.92 Å². The molecule has 0 aliphatic heterocycles. The van der Waals surface area contributed by atoms with Crippen molar-refractivity contribution in [1.29, 1.82) is 0 Å². The van der Waals surface area contributed by atoms with Gasteiger partial charge in [0.15, 0.2) is 0 Å². The number of halogens is 1. The van der Waals surface area contributed by atoms with Crippen molar-refractivity contribution in [1.82, 2.24) is 5.32 Å². The van der Waals surface area contributed by atoms with Gasteiger partial charge >= 0.3 is 0 Å². The van der Waals surface area contributed by atoms with Crippen LogP contribution < -0.4 is 5.32 Å². The summed E-state index contributed by atoms with van der Waals surface area (Å²) < 4.78 is 13.3. The summed E-state index contributed by atoms with van der Waals surface area (Å²) in [6.07, 6.45) is 0.720. The fourth-order valence-corrected chi connectivity index (χ4v) is 1.67. The largest absolute Gasteiger partial charge is 0.396 e. The minimum atomic E-state index is -0.840. The number of aliphatic hydroxyl groups is 2. The van der Waals surface area contributed by atoms with Crippen molar-refractivity contribution in [3.05, 3.63) is 35.6 Å². The molecule has 4 heteroatoms. The second kappa shape index (κ2) is 7.37. The first-order chi connectivity index (χ1) is 8.15. The minimum Gasteiger partial charge on any atom is -0.396 e. The maximum atomic E-state index is 13.3. The Kier molecular flexibility index (Phi) is 6.11. The summed E-state index contributed by atoms with van der Waals surface area (Å²) in [7, 11) is 0. The van der Waals surface area contributed by atoms with E-state index in [0.29, 0.717) is 12.1 Å². The van der Waals surface area contributed by atoms with E-state index in [4.69, 9.17) is 5.11 Å². The van der Waals surface area contributed by atoms with Crippen molar-refractivity contribution >= 4 is 0 Å². The standard InChI is InChI=1S/C13H20FNO2/c1-10(5-4-8-16)15-9-13(17)11-6-2-3-7-12(11)14/h2-3,6-7,10,13,15-17H,4-5,8-9H2,1H3. The lowest BCUT2D eigenvalue weighted by molar-refractivity contribution is 0.164. The summed E-state index contributed by atoms with van der Waals surface area (Å²) in [6.45, 7) is 2.46. The maximum Gasteiger partial charge on any atom is 0.129 e. The van der Waals surface area contributed by atoms with Gasteiger partial charge in [0.05, 0.1) is 6.10 Å². The van der Waals surface area contributed by atoms with E-state index < -0.39 is 6.10 Å². The molecule has 0 aliphatic carbocycles. The van der Waals surface area contributed by atoms with Crippen molar-refractivity contribution in [3.63, 3.8) is 0 Å². The third-order valence-corrected chi connectivity index (χ3v) is 2.72. The lowest BCUT2D eigenvalue weighted by atomic mass is 10.1. The third kappa shape index (κ3) is 4.81. The molecular formula is C13H20FNO2. The molecule has 0 bridgehead atoms. The SMILES string of the molecule is CC(CCCO)NCC(O)c1ccccc1F. The van der Waals surface area contributed by atoms with Crippen LogP contribution in [0, 0.1) is 5.82 Å². The molecular weight excluding hydrogens is 221 g/mol. The molecule has 0 aliphatic rings. The number of benzene rings is 1. The molecule has 0 spiro atoms. The van der Waals surface area contributed by atoms with Crippen LogP contribution in [0.5, 0.6) is 0 Å². The number of aliphatic hydroxyl groups excluding tert-OH is 2. The third-order valence-electron chi connectivity index (χ3n) is 2.72. The van der Waals surface area contributed by atoms with Crippen molar-refractivity contribution in [3.8, 4) is 0 Å². The first kappa shape index (κ1) is 14.1. The fraction of sp³-hybridized carbons (Fsp3) is 0.538. The van der Waals surface area contributed by atoms with Crippen LogP contribution in [-0.4, -0.2) is 29.4 Å². The van der Waals surface area contributed by atoms with Crippen molar-refractivity contribution < 1.29 is 14.6 Å². The quantitative estimate of drug-likeness (QED) is 0.680. The predicted molar refractivity (Wildman–Crippen MR) is 65.1 cm³/mol. The van der Waals surface area contributed by atoms with E-state index in [2.05, 4.69) is 5.32 Å². The summed E-state index contributed by atoms with van der Waals surface area (Å²) in [4.78, 5) is 0. The Morgan fingerprint density at radius 2 is 2.06 bits per heavy atom. The zero-order valence-electron chi connectivity index (χ0n) is 10.1. The second-order valence-corrected chi connectivity index (χ2v) is 4.21. The smallest absolute Gasteiger partial charge is 0.129 e. The van der Waals surface area contributed by atoms with Gasteiger partial charge in [-0.15, -0.1) is 0 Å². The summed E-state index contributed by atoms with van der Waals surface area (Å²) in [5.74, 6) is -0.384. The van der Waals surface area contributed by atoms with Crippen LogP contribution in [0.15, 0.2) is 24.3 Å². The Morgan fingerprint density at radius 3 is 2.71 bits per heavy atom. The van der Waals surface area contributed by atoms with Crippen LogP contribution in [0.4, 0.5) is 4.39 Å². The highest BCUT2D eigenvalue weighted by Gasteiger charge is 2.12. The Morgan fingerprint density at radius 1 is 1.35 bits per heavy atom. The Bertz CT molecular complexity index is 333. The molecule has 1 aromatic rings. The van der Waals surface area contributed by atoms with Crippen LogP contribution in [0.3, 0.4) is 0 Å². The summed E-state index contributed by atoms with van der Waals surface area (Å²) in [6, 6.07) is 6.43. The Balaban J connectivity index is 2.39. The predicted octanol–water partition coefficient (Wildman–Crippen LogP) is 1.61. The van der Waals surface area contributed by atoms with E-state index in [1.165, 1.54) is 6.07 Å². The lowest BCUT2D eigenvalue weighted by Crippen LogP contribution is -2.30. The lowest BCUT2D eigenvalue weighted by Gasteiger charge is -2.17. The molecule has 0 saturated carbocycles. The van der Waals surface area contributed by atoms with Crippen LogP contribution in [-0.2, 0) is 0 Å². The van der Waals surface area contributed by atoms with Gasteiger partial charge in [0.25, 0.3) is 0 Å². The molecule has 96 valence electrons. The van der Waals surface area contributed by atoms with Gasteiger partial charge in [-0.05, 0) is 25.8 Å². The highest BCUT2D eigenvalue weighted by molar-refractivity contribution is 5.19. The minimum absolute atomic E-state index is 0.169. The second-order valence-electron chi connectivity index (χ2n) is 4.21. The zero-order chi connectivity index (χ0) is 12.7. The van der Waals surface area contributed by atoms with Gasteiger partial charge in [-0.25, -0.2) is 4.39 Å². The Labute approximate surface area is 101 Å². The molecule has 0 heterocycles.